The molecule has 41 heavy (non-hydrogen) atoms. The molecule has 0 radical (unpaired) electrons. The van der Waals surface area contributed by atoms with Crippen molar-refractivity contribution in [2.75, 3.05) is 5.32 Å². The van der Waals surface area contributed by atoms with E-state index >= 15 is 0 Å². The third-order valence-electron chi connectivity index (χ3n) is 6.97. The Kier molecular flexibility index (Phi) is 9.70. The minimum Gasteiger partial charge on any atom is -0.481 e. The summed E-state index contributed by atoms with van der Waals surface area (Å²) in [5, 5.41) is 32.5. The van der Waals surface area contributed by atoms with Crippen molar-refractivity contribution in [2.45, 2.75) is 57.8 Å². The Bertz CT molecular complexity index is 1480. The van der Waals surface area contributed by atoms with Crippen molar-refractivity contribution >= 4 is 17.6 Å². The van der Waals surface area contributed by atoms with Crippen LogP contribution in [0.1, 0.15) is 54.9 Å². The number of carbonyl (C=O) groups excluding carboxylic acids is 1. The number of halogens is 1. The van der Waals surface area contributed by atoms with E-state index in [1.807, 2.05) is 47.0 Å². The number of carbonyl (C=O) groups is 2. The van der Waals surface area contributed by atoms with E-state index < -0.39 is 24.6 Å². The first-order valence-corrected chi connectivity index (χ1v) is 13.7. The lowest BCUT2D eigenvalue weighted by molar-refractivity contribution is -0.139. The average molecular weight is 559 g/mol. The van der Waals surface area contributed by atoms with Crippen LogP contribution in [0.4, 0.5) is 10.1 Å². The molecule has 0 bridgehead atoms. The molecular weight excluding hydrogens is 523 g/mol. The molecule has 0 spiro atoms. The predicted octanol–water partition coefficient (Wildman–Crippen LogP) is 6.31. The van der Waals surface area contributed by atoms with Crippen LogP contribution in [-0.2, 0) is 11.3 Å². The maximum atomic E-state index is 13.9. The number of carboxylic acid groups (broad SMARTS) is 1. The molecule has 0 fully saturated rings. The molecule has 0 saturated carbocycles. The molecule has 0 unspecified atom stereocenters. The van der Waals surface area contributed by atoms with Gasteiger partial charge in [0.25, 0.3) is 5.91 Å². The second kappa shape index (κ2) is 13.4. The van der Waals surface area contributed by atoms with Gasteiger partial charge in [-0.25, -0.2) is 4.39 Å². The Morgan fingerprint density at radius 1 is 0.902 bits per heavy atom. The number of aliphatic carboxylic acids is 1. The highest BCUT2D eigenvalue weighted by Gasteiger charge is 2.25. The second-order valence-corrected chi connectivity index (χ2v) is 10.5. The highest BCUT2D eigenvalue weighted by molar-refractivity contribution is 6.11. The zero-order valence-corrected chi connectivity index (χ0v) is 23.1. The smallest absolute Gasteiger partial charge is 0.305 e. The number of amides is 1. The van der Waals surface area contributed by atoms with Crippen LogP contribution < -0.4 is 5.32 Å². The minimum absolute atomic E-state index is 0.0932. The van der Waals surface area contributed by atoms with E-state index in [2.05, 4.69) is 19.2 Å². The van der Waals surface area contributed by atoms with Gasteiger partial charge in [0.1, 0.15) is 5.82 Å². The van der Waals surface area contributed by atoms with Crippen molar-refractivity contribution in [3.05, 3.63) is 102 Å². The van der Waals surface area contributed by atoms with E-state index in [0.717, 1.165) is 11.1 Å². The number of aliphatic hydroxyl groups excluding tert-OH is 2. The first-order valence-electron chi connectivity index (χ1n) is 13.7. The molecule has 0 saturated heterocycles. The highest BCUT2D eigenvalue weighted by Crippen LogP contribution is 2.39. The number of aromatic nitrogens is 1. The molecule has 4 aromatic rings. The van der Waals surface area contributed by atoms with Crippen molar-refractivity contribution < 1.29 is 29.3 Å². The molecule has 214 valence electrons. The number of aryl methyl sites for hydroxylation is 1. The first-order chi connectivity index (χ1) is 19.6. The van der Waals surface area contributed by atoms with Gasteiger partial charge in [0, 0.05) is 24.0 Å². The fraction of sp³-hybridized carbons (Fsp3) is 0.273. The highest BCUT2D eigenvalue weighted by atomic mass is 19.1. The van der Waals surface area contributed by atoms with E-state index in [1.165, 1.54) is 12.1 Å². The van der Waals surface area contributed by atoms with Crippen LogP contribution >= 0.6 is 0 Å². The van der Waals surface area contributed by atoms with Crippen molar-refractivity contribution in [2.24, 2.45) is 0 Å². The third kappa shape index (κ3) is 7.68. The summed E-state index contributed by atoms with van der Waals surface area (Å²) in [6.07, 6.45) is -0.766. The molecule has 4 N–H and O–H groups in total. The summed E-state index contributed by atoms with van der Waals surface area (Å²) < 4.78 is 15.8. The van der Waals surface area contributed by atoms with Gasteiger partial charge in [-0.3, -0.25) is 9.59 Å². The summed E-state index contributed by atoms with van der Waals surface area (Å²) in [5.41, 5.74) is 5.01. The van der Waals surface area contributed by atoms with Crippen LogP contribution in [0.15, 0.2) is 85.1 Å². The number of anilines is 1. The Morgan fingerprint density at radius 3 is 2.27 bits per heavy atom. The molecule has 1 heterocycles. The quantitative estimate of drug-likeness (QED) is 0.163. The molecule has 1 amide bonds. The van der Waals surface area contributed by atoms with Crippen LogP contribution in [0.2, 0.25) is 0 Å². The van der Waals surface area contributed by atoms with E-state index in [-0.39, 0.29) is 37.0 Å². The largest absolute Gasteiger partial charge is 0.481 e. The average Bonchev–Trinajstić information content (AvgIpc) is 3.32. The molecule has 1 aromatic heterocycles. The van der Waals surface area contributed by atoms with Gasteiger partial charge in [-0.15, -0.1) is 0 Å². The molecule has 0 aliphatic carbocycles. The summed E-state index contributed by atoms with van der Waals surface area (Å²) in [6.45, 7) is 4.45. The number of para-hydroxylation sites is 1. The van der Waals surface area contributed by atoms with Crippen LogP contribution in [0, 0.1) is 5.82 Å². The number of nitrogens with zero attached hydrogens (tertiary/aromatic N) is 1. The topological polar surface area (TPSA) is 112 Å². The Morgan fingerprint density at radius 2 is 1.61 bits per heavy atom. The van der Waals surface area contributed by atoms with Crippen LogP contribution in [0.3, 0.4) is 0 Å². The van der Waals surface area contributed by atoms with E-state index in [4.69, 9.17) is 5.11 Å². The molecule has 3 aromatic carbocycles. The van der Waals surface area contributed by atoms with E-state index in [0.29, 0.717) is 28.1 Å². The fourth-order valence-electron chi connectivity index (χ4n) is 4.89. The Balaban J connectivity index is 1.81. The normalized spacial score (nSPS) is 12.7. The van der Waals surface area contributed by atoms with E-state index in [9.17, 15) is 24.2 Å². The fourth-order valence-corrected chi connectivity index (χ4v) is 4.89. The van der Waals surface area contributed by atoms with Gasteiger partial charge in [0.15, 0.2) is 0 Å². The molecular formula is C33H35FN2O5. The number of aliphatic hydroxyl groups is 2. The molecule has 0 aliphatic rings. The molecule has 4 rings (SSSR count). The molecule has 7 nitrogen and oxygen atoms in total. The lowest BCUT2D eigenvalue weighted by atomic mass is 9.93. The summed E-state index contributed by atoms with van der Waals surface area (Å²) in [7, 11) is 0. The summed E-state index contributed by atoms with van der Waals surface area (Å²) in [4.78, 5) is 24.7. The van der Waals surface area contributed by atoms with Gasteiger partial charge < -0.3 is 25.2 Å². The van der Waals surface area contributed by atoms with E-state index in [1.54, 1.807) is 30.5 Å². The lowest BCUT2D eigenvalue weighted by Crippen LogP contribution is -2.21. The minimum atomic E-state index is -1.18. The number of hydrogen-bond acceptors (Lipinski definition) is 4. The van der Waals surface area contributed by atoms with Crippen LogP contribution in [-0.4, -0.2) is 44.0 Å². The predicted molar refractivity (Wildman–Crippen MR) is 157 cm³/mol. The molecule has 0 aliphatic heterocycles. The number of nitrogens with one attached hydrogen (secondary N) is 1. The zero-order chi connectivity index (χ0) is 29.5. The van der Waals surface area contributed by atoms with Gasteiger partial charge in [-0.1, -0.05) is 56.3 Å². The summed E-state index contributed by atoms with van der Waals surface area (Å²) in [5.74, 6) is -1.60. The molecule has 8 heteroatoms. The SMILES string of the molecule is CC(C)c1cccc(-c2c(C(=O)Nc3ccccc3)cn(CC[C@@H](O)C[C@@H](O)CC(=O)O)c2-c2ccc(F)cc2)c1. The third-order valence-corrected chi connectivity index (χ3v) is 6.97. The Labute approximate surface area is 238 Å². The molecule has 2 atom stereocenters. The van der Waals surface area contributed by atoms with Gasteiger partial charge in [0.05, 0.1) is 29.9 Å². The summed E-state index contributed by atoms with van der Waals surface area (Å²) in [6, 6.07) is 23.1. The number of benzene rings is 3. The Hall–Kier alpha value is -4.27. The van der Waals surface area contributed by atoms with Gasteiger partial charge in [0.2, 0.25) is 0 Å². The van der Waals surface area contributed by atoms with Gasteiger partial charge in [-0.05, 0) is 71.8 Å². The van der Waals surface area contributed by atoms with Crippen LogP contribution in [0.5, 0.6) is 0 Å². The monoisotopic (exact) mass is 558 g/mol. The van der Waals surface area contributed by atoms with Crippen molar-refractivity contribution in [3.63, 3.8) is 0 Å². The maximum absolute atomic E-state index is 13.9. The van der Waals surface area contributed by atoms with Gasteiger partial charge >= 0.3 is 5.97 Å². The number of carboxylic acids is 1. The number of hydrogen-bond donors (Lipinski definition) is 4. The number of rotatable bonds is 12. The van der Waals surface area contributed by atoms with Crippen molar-refractivity contribution in [1.82, 2.24) is 4.57 Å². The maximum Gasteiger partial charge on any atom is 0.305 e. The van der Waals surface area contributed by atoms with Crippen LogP contribution in [0.25, 0.3) is 22.4 Å². The second-order valence-electron chi connectivity index (χ2n) is 10.5. The zero-order valence-electron chi connectivity index (χ0n) is 23.1. The first kappa shape index (κ1) is 29.7. The van der Waals surface area contributed by atoms with Gasteiger partial charge in [-0.2, -0.15) is 0 Å². The van der Waals surface area contributed by atoms with Crippen molar-refractivity contribution in [3.8, 4) is 22.4 Å². The lowest BCUT2D eigenvalue weighted by Gasteiger charge is -2.17. The summed E-state index contributed by atoms with van der Waals surface area (Å²) >= 11 is 0. The van der Waals surface area contributed by atoms with Crippen molar-refractivity contribution in [1.29, 1.82) is 0 Å². The standard InChI is InChI=1S/C33H35FN2O5/c1-21(2)23-7-6-8-24(17-23)31-29(33(41)35-26-9-4-3-5-10-26)20-36(32(31)22-11-13-25(34)14-12-22)16-15-27(37)18-28(38)19-30(39)40/h3-14,17,20-21,27-28,37-38H,15-16,18-19H2,1-2H3,(H,35,41)(H,39,40)/t27-,28-/m1/s1.